The molecule has 0 aliphatic heterocycles. The van der Waals surface area contributed by atoms with Crippen LogP contribution in [0.1, 0.15) is 21.9 Å². The highest BCUT2D eigenvalue weighted by Gasteiger charge is 2.08. The zero-order chi connectivity index (χ0) is 15.0. The molecule has 0 spiro atoms. The van der Waals surface area contributed by atoms with E-state index in [1.165, 1.54) is 12.1 Å². The first-order chi connectivity index (χ1) is 10.0. The Labute approximate surface area is 120 Å². The first-order valence-electron chi connectivity index (χ1n) is 6.32. The van der Waals surface area contributed by atoms with Gasteiger partial charge in [0.1, 0.15) is 11.6 Å². The van der Waals surface area contributed by atoms with Gasteiger partial charge in [0.15, 0.2) is 0 Å². The SMILES string of the molecule is Cc1cc(Nc2cccc(C(=O)[O-])c2)n2nc(C)nc2n1. The highest BCUT2D eigenvalue weighted by molar-refractivity contribution is 5.87. The number of fused-ring (bicyclic) bond motifs is 1. The zero-order valence-electron chi connectivity index (χ0n) is 11.5. The summed E-state index contributed by atoms with van der Waals surface area (Å²) in [7, 11) is 0. The molecule has 3 rings (SSSR count). The van der Waals surface area contributed by atoms with E-state index >= 15 is 0 Å². The average molecular weight is 282 g/mol. The fourth-order valence-corrected chi connectivity index (χ4v) is 2.05. The lowest BCUT2D eigenvalue weighted by Crippen LogP contribution is -2.22. The molecule has 3 aromatic rings. The van der Waals surface area contributed by atoms with Gasteiger partial charge < -0.3 is 15.2 Å². The summed E-state index contributed by atoms with van der Waals surface area (Å²) < 4.78 is 1.58. The van der Waals surface area contributed by atoms with Crippen molar-refractivity contribution in [3.63, 3.8) is 0 Å². The maximum Gasteiger partial charge on any atom is 0.254 e. The average Bonchev–Trinajstić information content (AvgIpc) is 2.79. The van der Waals surface area contributed by atoms with E-state index in [1.807, 2.05) is 13.0 Å². The summed E-state index contributed by atoms with van der Waals surface area (Å²) in [5, 5.41) is 18.3. The third-order valence-corrected chi connectivity index (χ3v) is 2.92. The van der Waals surface area contributed by atoms with Gasteiger partial charge in [-0.25, -0.2) is 4.98 Å². The Hall–Kier alpha value is -2.96. The van der Waals surface area contributed by atoms with Crippen LogP contribution in [0.4, 0.5) is 11.5 Å². The molecule has 1 aromatic carbocycles. The van der Waals surface area contributed by atoms with Crippen molar-refractivity contribution < 1.29 is 9.90 Å². The predicted molar refractivity (Wildman–Crippen MR) is 74.3 cm³/mol. The van der Waals surface area contributed by atoms with Crippen molar-refractivity contribution >= 4 is 23.3 Å². The Morgan fingerprint density at radius 3 is 2.81 bits per heavy atom. The first kappa shape index (κ1) is 13.0. The molecule has 0 atom stereocenters. The molecule has 0 saturated carbocycles. The van der Waals surface area contributed by atoms with E-state index in [0.29, 0.717) is 23.1 Å². The van der Waals surface area contributed by atoms with Crippen LogP contribution in [-0.4, -0.2) is 25.6 Å². The highest BCUT2D eigenvalue weighted by atomic mass is 16.4. The molecule has 0 saturated heterocycles. The lowest BCUT2D eigenvalue weighted by molar-refractivity contribution is -0.255. The van der Waals surface area contributed by atoms with Crippen LogP contribution >= 0.6 is 0 Å². The third-order valence-electron chi connectivity index (χ3n) is 2.92. The maximum atomic E-state index is 10.9. The van der Waals surface area contributed by atoms with Crippen LogP contribution in [0.25, 0.3) is 5.78 Å². The van der Waals surface area contributed by atoms with Gasteiger partial charge in [0.2, 0.25) is 0 Å². The Kier molecular flexibility index (Phi) is 3.02. The molecule has 7 heteroatoms. The van der Waals surface area contributed by atoms with E-state index in [9.17, 15) is 9.90 Å². The van der Waals surface area contributed by atoms with Crippen molar-refractivity contribution in [1.29, 1.82) is 0 Å². The summed E-state index contributed by atoms with van der Waals surface area (Å²) in [6, 6.07) is 8.20. The lowest BCUT2D eigenvalue weighted by Gasteiger charge is -2.10. The smallest absolute Gasteiger partial charge is 0.254 e. The standard InChI is InChI=1S/C14H13N5O2/c1-8-6-12(19-14(15-8)16-9(2)18-19)17-11-5-3-4-10(7-11)13(20)21/h3-7,17H,1-2H3,(H,20,21)/p-1. The number of hydrogen-bond acceptors (Lipinski definition) is 6. The third kappa shape index (κ3) is 2.53. The molecule has 0 radical (unpaired) electrons. The van der Waals surface area contributed by atoms with E-state index in [1.54, 1.807) is 23.6 Å². The molecule has 2 heterocycles. The Morgan fingerprint density at radius 1 is 1.24 bits per heavy atom. The van der Waals surface area contributed by atoms with Gasteiger partial charge in [-0.2, -0.15) is 9.50 Å². The Morgan fingerprint density at radius 2 is 2.05 bits per heavy atom. The minimum atomic E-state index is -1.22. The number of carbonyl (C=O) groups is 1. The number of nitrogens with zero attached hydrogens (tertiary/aromatic N) is 4. The highest BCUT2D eigenvalue weighted by Crippen LogP contribution is 2.19. The molecule has 0 aliphatic carbocycles. The predicted octanol–water partition coefficient (Wildman–Crippen LogP) is 0.848. The quantitative estimate of drug-likeness (QED) is 0.765. The minimum Gasteiger partial charge on any atom is -0.545 e. The maximum absolute atomic E-state index is 10.9. The van der Waals surface area contributed by atoms with Gasteiger partial charge in [-0.1, -0.05) is 12.1 Å². The molecule has 0 bridgehead atoms. The molecule has 106 valence electrons. The fraction of sp³-hybridized carbons (Fsp3) is 0.143. The van der Waals surface area contributed by atoms with Crippen LogP contribution in [0.15, 0.2) is 30.3 Å². The van der Waals surface area contributed by atoms with Gasteiger partial charge in [0, 0.05) is 17.4 Å². The second-order valence-electron chi connectivity index (χ2n) is 4.65. The number of carboxylic acids is 1. The van der Waals surface area contributed by atoms with Gasteiger partial charge in [-0.05, 0) is 31.5 Å². The number of nitrogens with one attached hydrogen (secondary N) is 1. The molecular formula is C14H12N5O2-. The molecule has 0 unspecified atom stereocenters. The number of rotatable bonds is 3. The Balaban J connectivity index is 2.05. The van der Waals surface area contributed by atoms with Crippen LogP contribution in [0.3, 0.4) is 0 Å². The number of anilines is 2. The largest absolute Gasteiger partial charge is 0.545 e. The number of hydrogen-bond donors (Lipinski definition) is 1. The molecule has 0 aliphatic rings. The van der Waals surface area contributed by atoms with E-state index in [2.05, 4.69) is 20.4 Å². The summed E-state index contributed by atoms with van der Waals surface area (Å²) in [5.41, 5.74) is 1.52. The zero-order valence-corrected chi connectivity index (χ0v) is 11.5. The van der Waals surface area contributed by atoms with Crippen molar-refractivity contribution in [2.45, 2.75) is 13.8 Å². The molecular weight excluding hydrogens is 270 g/mol. The molecule has 7 nitrogen and oxygen atoms in total. The number of aromatic carboxylic acids is 1. The van der Waals surface area contributed by atoms with Crippen molar-refractivity contribution in [3.05, 3.63) is 47.4 Å². The molecule has 0 fully saturated rings. The van der Waals surface area contributed by atoms with Crippen molar-refractivity contribution in [2.24, 2.45) is 0 Å². The normalized spacial score (nSPS) is 10.8. The summed E-state index contributed by atoms with van der Waals surface area (Å²) in [4.78, 5) is 19.4. The first-order valence-corrected chi connectivity index (χ1v) is 6.32. The monoisotopic (exact) mass is 282 g/mol. The van der Waals surface area contributed by atoms with E-state index in [0.717, 1.165) is 5.69 Å². The van der Waals surface area contributed by atoms with Gasteiger partial charge in [0.05, 0.1) is 5.97 Å². The number of aromatic nitrogens is 4. The number of benzene rings is 1. The summed E-state index contributed by atoms with van der Waals surface area (Å²) in [5.74, 6) is 0.547. The Bertz CT molecular complexity index is 840. The second kappa shape index (κ2) is 4.86. The minimum absolute atomic E-state index is 0.108. The van der Waals surface area contributed by atoms with Crippen LogP contribution < -0.4 is 10.4 Å². The van der Waals surface area contributed by atoms with Crippen molar-refractivity contribution in [2.75, 3.05) is 5.32 Å². The van der Waals surface area contributed by atoms with Gasteiger partial charge in [-0.15, -0.1) is 5.10 Å². The van der Waals surface area contributed by atoms with E-state index in [-0.39, 0.29) is 5.56 Å². The van der Waals surface area contributed by atoms with Gasteiger partial charge in [-0.3, -0.25) is 0 Å². The number of aryl methyl sites for hydroxylation is 2. The molecule has 1 N–H and O–H groups in total. The van der Waals surface area contributed by atoms with Crippen LogP contribution in [-0.2, 0) is 0 Å². The van der Waals surface area contributed by atoms with Gasteiger partial charge >= 0.3 is 0 Å². The van der Waals surface area contributed by atoms with E-state index in [4.69, 9.17) is 0 Å². The van der Waals surface area contributed by atoms with Crippen molar-refractivity contribution in [3.8, 4) is 0 Å². The van der Waals surface area contributed by atoms with E-state index < -0.39 is 5.97 Å². The number of carboxylic acid groups (broad SMARTS) is 1. The summed E-state index contributed by atoms with van der Waals surface area (Å²) in [6.45, 7) is 3.64. The lowest BCUT2D eigenvalue weighted by atomic mass is 10.2. The summed E-state index contributed by atoms with van der Waals surface area (Å²) >= 11 is 0. The second-order valence-corrected chi connectivity index (χ2v) is 4.65. The molecule has 2 aromatic heterocycles. The van der Waals surface area contributed by atoms with Crippen LogP contribution in [0.5, 0.6) is 0 Å². The van der Waals surface area contributed by atoms with Crippen LogP contribution in [0, 0.1) is 13.8 Å². The molecule has 21 heavy (non-hydrogen) atoms. The van der Waals surface area contributed by atoms with Crippen LogP contribution in [0.2, 0.25) is 0 Å². The fourth-order valence-electron chi connectivity index (χ4n) is 2.05. The molecule has 0 amide bonds. The number of carbonyl (C=O) groups excluding carboxylic acids is 1. The van der Waals surface area contributed by atoms with Gasteiger partial charge in [0.25, 0.3) is 5.78 Å². The van der Waals surface area contributed by atoms with Crippen molar-refractivity contribution in [1.82, 2.24) is 19.6 Å². The topological polar surface area (TPSA) is 95.2 Å². The summed E-state index contributed by atoms with van der Waals surface area (Å²) in [6.07, 6.45) is 0.